The van der Waals surface area contributed by atoms with Crippen molar-refractivity contribution in [2.45, 2.75) is 13.0 Å². The minimum Gasteiger partial charge on any atom is -0.320 e. The van der Waals surface area contributed by atoms with Crippen LogP contribution in [0, 0.1) is 12.7 Å². The third kappa shape index (κ3) is 2.74. The fourth-order valence-electron chi connectivity index (χ4n) is 1.83. The van der Waals surface area contributed by atoms with Crippen LogP contribution in [0.15, 0.2) is 40.9 Å². The molecule has 2 N–H and O–H groups in total. The second-order valence-electron chi connectivity index (χ2n) is 4.15. The third-order valence-corrected chi connectivity index (χ3v) is 4.09. The molecule has 0 radical (unpaired) electrons. The SMILES string of the molecule is Cc1ccc(F)cc1C(N)c1ccc(Cl)c(Br)c1. The van der Waals surface area contributed by atoms with Gasteiger partial charge in [-0.1, -0.05) is 23.7 Å². The van der Waals surface area contributed by atoms with Gasteiger partial charge in [0.05, 0.1) is 11.1 Å². The molecular formula is C14H12BrClFN. The van der Waals surface area contributed by atoms with E-state index in [9.17, 15) is 4.39 Å². The molecule has 0 aliphatic rings. The molecule has 2 rings (SSSR count). The zero-order valence-corrected chi connectivity index (χ0v) is 12.1. The van der Waals surface area contributed by atoms with Crippen molar-refractivity contribution in [1.82, 2.24) is 0 Å². The Hall–Kier alpha value is -0.900. The molecule has 0 saturated carbocycles. The number of nitrogens with two attached hydrogens (primary N) is 1. The Bertz CT molecular complexity index is 586. The van der Waals surface area contributed by atoms with Crippen LogP contribution in [0.1, 0.15) is 22.7 Å². The number of rotatable bonds is 2. The van der Waals surface area contributed by atoms with Gasteiger partial charge in [0, 0.05) is 4.47 Å². The monoisotopic (exact) mass is 327 g/mol. The summed E-state index contributed by atoms with van der Waals surface area (Å²) in [5.41, 5.74) is 8.81. The molecule has 0 amide bonds. The van der Waals surface area contributed by atoms with Gasteiger partial charge in [-0.2, -0.15) is 0 Å². The molecule has 4 heteroatoms. The first kappa shape index (κ1) is 13.5. The smallest absolute Gasteiger partial charge is 0.123 e. The molecule has 0 spiro atoms. The maximum absolute atomic E-state index is 13.3. The van der Waals surface area contributed by atoms with E-state index in [4.69, 9.17) is 17.3 Å². The van der Waals surface area contributed by atoms with Crippen LogP contribution < -0.4 is 5.73 Å². The Morgan fingerprint density at radius 1 is 1.22 bits per heavy atom. The lowest BCUT2D eigenvalue weighted by Gasteiger charge is -2.16. The highest BCUT2D eigenvalue weighted by molar-refractivity contribution is 9.10. The second-order valence-corrected chi connectivity index (χ2v) is 5.41. The molecule has 0 fully saturated rings. The van der Waals surface area contributed by atoms with Crippen molar-refractivity contribution in [3.8, 4) is 0 Å². The van der Waals surface area contributed by atoms with E-state index in [2.05, 4.69) is 15.9 Å². The van der Waals surface area contributed by atoms with Crippen molar-refractivity contribution < 1.29 is 4.39 Å². The van der Waals surface area contributed by atoms with Crippen LogP contribution in [0.3, 0.4) is 0 Å². The highest BCUT2D eigenvalue weighted by Gasteiger charge is 2.13. The van der Waals surface area contributed by atoms with Gasteiger partial charge in [-0.05, 0) is 63.8 Å². The average molecular weight is 329 g/mol. The molecule has 0 aromatic heterocycles. The Labute approximate surface area is 119 Å². The minimum absolute atomic E-state index is 0.279. The first-order chi connectivity index (χ1) is 8.49. The number of halogens is 3. The van der Waals surface area contributed by atoms with Gasteiger partial charge in [-0.15, -0.1) is 0 Å². The van der Waals surface area contributed by atoms with Crippen LogP contribution in [0.25, 0.3) is 0 Å². The van der Waals surface area contributed by atoms with E-state index in [0.29, 0.717) is 5.02 Å². The van der Waals surface area contributed by atoms with Gasteiger partial charge in [0.2, 0.25) is 0 Å². The highest BCUT2D eigenvalue weighted by atomic mass is 79.9. The largest absolute Gasteiger partial charge is 0.320 e. The first-order valence-corrected chi connectivity index (χ1v) is 6.62. The summed E-state index contributed by atoms with van der Waals surface area (Å²) in [5, 5.41) is 0.627. The van der Waals surface area contributed by atoms with Crippen molar-refractivity contribution in [2.75, 3.05) is 0 Å². The third-order valence-electron chi connectivity index (χ3n) is 2.88. The topological polar surface area (TPSA) is 26.0 Å². The summed E-state index contributed by atoms with van der Waals surface area (Å²) in [6, 6.07) is 9.75. The summed E-state index contributed by atoms with van der Waals surface area (Å²) >= 11 is 9.30. The average Bonchev–Trinajstić information content (AvgIpc) is 2.35. The van der Waals surface area contributed by atoms with Crippen molar-refractivity contribution in [2.24, 2.45) is 5.73 Å². The Balaban J connectivity index is 2.44. The van der Waals surface area contributed by atoms with E-state index in [1.807, 2.05) is 19.1 Å². The quantitative estimate of drug-likeness (QED) is 0.856. The Kier molecular flexibility index (Phi) is 4.05. The summed E-state index contributed by atoms with van der Waals surface area (Å²) < 4.78 is 14.1. The molecule has 0 saturated heterocycles. The molecule has 2 aromatic carbocycles. The lowest BCUT2D eigenvalue weighted by atomic mass is 9.96. The van der Waals surface area contributed by atoms with Crippen LogP contribution in [0.2, 0.25) is 5.02 Å². The van der Waals surface area contributed by atoms with Crippen molar-refractivity contribution >= 4 is 27.5 Å². The number of hydrogen-bond donors (Lipinski definition) is 1. The normalized spacial score (nSPS) is 12.5. The maximum atomic E-state index is 13.3. The molecule has 0 bridgehead atoms. The van der Waals surface area contributed by atoms with Crippen LogP contribution >= 0.6 is 27.5 Å². The number of benzene rings is 2. The molecule has 0 aliphatic heterocycles. The van der Waals surface area contributed by atoms with Gasteiger partial charge >= 0.3 is 0 Å². The summed E-state index contributed by atoms with van der Waals surface area (Å²) in [5.74, 6) is -0.279. The lowest BCUT2D eigenvalue weighted by Crippen LogP contribution is -2.13. The Morgan fingerprint density at radius 2 is 1.94 bits per heavy atom. The van der Waals surface area contributed by atoms with E-state index >= 15 is 0 Å². The van der Waals surface area contributed by atoms with E-state index in [-0.39, 0.29) is 11.9 Å². The van der Waals surface area contributed by atoms with Crippen molar-refractivity contribution in [3.05, 3.63) is 68.4 Å². The van der Waals surface area contributed by atoms with Crippen LogP contribution in [-0.2, 0) is 0 Å². The van der Waals surface area contributed by atoms with Crippen LogP contribution in [0.4, 0.5) is 4.39 Å². The fourth-order valence-corrected chi connectivity index (χ4v) is 2.35. The molecule has 1 unspecified atom stereocenters. The molecule has 1 atom stereocenters. The standard InChI is InChI=1S/C14H12BrClFN/c1-8-2-4-10(17)7-11(8)14(18)9-3-5-13(16)12(15)6-9/h2-7,14H,18H2,1H3. The van der Waals surface area contributed by atoms with Gasteiger partial charge < -0.3 is 5.73 Å². The summed E-state index contributed by atoms with van der Waals surface area (Å²) in [7, 11) is 0. The van der Waals surface area contributed by atoms with Crippen molar-refractivity contribution in [3.63, 3.8) is 0 Å². The number of aryl methyl sites for hydroxylation is 1. The summed E-state index contributed by atoms with van der Waals surface area (Å²) in [4.78, 5) is 0. The van der Waals surface area contributed by atoms with Gasteiger partial charge in [0.25, 0.3) is 0 Å². The molecule has 94 valence electrons. The number of hydrogen-bond acceptors (Lipinski definition) is 1. The lowest BCUT2D eigenvalue weighted by molar-refractivity contribution is 0.622. The zero-order valence-electron chi connectivity index (χ0n) is 9.75. The van der Waals surface area contributed by atoms with E-state index in [1.54, 1.807) is 12.1 Å². The molecular weight excluding hydrogens is 317 g/mol. The molecule has 2 aromatic rings. The summed E-state index contributed by atoms with van der Waals surface area (Å²) in [6.07, 6.45) is 0. The molecule has 18 heavy (non-hydrogen) atoms. The van der Waals surface area contributed by atoms with Crippen LogP contribution in [0.5, 0.6) is 0 Å². The molecule has 1 nitrogen and oxygen atoms in total. The first-order valence-electron chi connectivity index (χ1n) is 5.45. The molecule has 0 heterocycles. The van der Waals surface area contributed by atoms with E-state index in [1.165, 1.54) is 12.1 Å². The fraction of sp³-hybridized carbons (Fsp3) is 0.143. The predicted molar refractivity (Wildman–Crippen MR) is 76.3 cm³/mol. The maximum Gasteiger partial charge on any atom is 0.123 e. The van der Waals surface area contributed by atoms with Gasteiger partial charge in [0.1, 0.15) is 5.82 Å². The Morgan fingerprint density at radius 3 is 2.61 bits per heavy atom. The highest BCUT2D eigenvalue weighted by Crippen LogP contribution is 2.29. The van der Waals surface area contributed by atoms with Crippen molar-refractivity contribution in [1.29, 1.82) is 0 Å². The second kappa shape index (κ2) is 5.39. The zero-order chi connectivity index (χ0) is 13.3. The predicted octanol–water partition coefficient (Wildman–Crippen LogP) is 4.60. The van der Waals surface area contributed by atoms with E-state index in [0.717, 1.165) is 21.2 Å². The van der Waals surface area contributed by atoms with E-state index < -0.39 is 0 Å². The van der Waals surface area contributed by atoms with Gasteiger partial charge in [0.15, 0.2) is 0 Å². The van der Waals surface area contributed by atoms with Gasteiger partial charge in [-0.25, -0.2) is 4.39 Å². The van der Waals surface area contributed by atoms with Gasteiger partial charge in [-0.3, -0.25) is 0 Å². The minimum atomic E-state index is -0.366. The van der Waals surface area contributed by atoms with Crippen LogP contribution in [-0.4, -0.2) is 0 Å². The molecule has 0 aliphatic carbocycles. The summed E-state index contributed by atoms with van der Waals surface area (Å²) in [6.45, 7) is 1.92.